The number of hydrazone groups is 1. The zero-order valence-electron chi connectivity index (χ0n) is 16.4. The molecule has 31 heavy (non-hydrogen) atoms. The van der Waals surface area contributed by atoms with Gasteiger partial charge < -0.3 is 9.47 Å². The van der Waals surface area contributed by atoms with Crippen LogP contribution in [0.2, 0.25) is 0 Å². The van der Waals surface area contributed by atoms with Crippen molar-refractivity contribution in [1.82, 2.24) is 5.43 Å². The highest BCUT2D eigenvalue weighted by Gasteiger charge is 2.08. The molecule has 3 aromatic rings. The number of nitro groups is 1. The van der Waals surface area contributed by atoms with Gasteiger partial charge in [0.05, 0.1) is 18.2 Å². The number of nitro benzene ring substituents is 1. The lowest BCUT2D eigenvalue weighted by atomic mass is 10.1. The monoisotopic (exact) mass is 483 g/mol. The number of halogens is 1. The maximum Gasteiger partial charge on any atom is 0.271 e. The van der Waals surface area contributed by atoms with Crippen LogP contribution in [-0.2, 0) is 6.61 Å². The molecule has 0 atom stereocenters. The van der Waals surface area contributed by atoms with E-state index in [0.717, 1.165) is 15.6 Å². The third kappa shape index (κ3) is 6.13. The van der Waals surface area contributed by atoms with Gasteiger partial charge in [0.2, 0.25) is 0 Å². The Morgan fingerprint density at radius 3 is 2.61 bits per heavy atom. The van der Waals surface area contributed by atoms with Crippen LogP contribution in [0.15, 0.2) is 76.3 Å². The number of amides is 1. The number of carbonyl (C=O) groups is 1. The first-order valence-corrected chi connectivity index (χ1v) is 9.88. The van der Waals surface area contributed by atoms with Gasteiger partial charge in [0.15, 0.2) is 0 Å². The maximum absolute atomic E-state index is 12.2. The van der Waals surface area contributed by atoms with Crippen molar-refractivity contribution in [3.63, 3.8) is 0 Å². The summed E-state index contributed by atoms with van der Waals surface area (Å²) < 4.78 is 11.9. The van der Waals surface area contributed by atoms with E-state index in [9.17, 15) is 14.9 Å². The highest BCUT2D eigenvalue weighted by Crippen LogP contribution is 2.23. The number of nitrogens with one attached hydrogen (secondary N) is 1. The van der Waals surface area contributed by atoms with E-state index in [1.165, 1.54) is 30.5 Å². The Balaban J connectivity index is 1.66. The first kappa shape index (κ1) is 22.0. The third-order valence-corrected chi connectivity index (χ3v) is 4.71. The average molecular weight is 484 g/mol. The number of hydrogen-bond donors (Lipinski definition) is 1. The number of non-ortho nitro benzene ring substituents is 1. The van der Waals surface area contributed by atoms with Gasteiger partial charge in [0.25, 0.3) is 11.6 Å². The maximum atomic E-state index is 12.2. The smallest absolute Gasteiger partial charge is 0.271 e. The lowest BCUT2D eigenvalue weighted by Gasteiger charge is -2.11. The minimum Gasteiger partial charge on any atom is -0.496 e. The topological polar surface area (TPSA) is 103 Å². The summed E-state index contributed by atoms with van der Waals surface area (Å²) in [5.41, 5.74) is 4.45. The van der Waals surface area contributed by atoms with Crippen LogP contribution >= 0.6 is 15.9 Å². The molecule has 9 heteroatoms. The number of rotatable bonds is 8. The minimum atomic E-state index is -0.467. The van der Waals surface area contributed by atoms with E-state index >= 15 is 0 Å². The molecule has 0 spiro atoms. The second-order valence-corrected chi connectivity index (χ2v) is 7.24. The summed E-state index contributed by atoms with van der Waals surface area (Å²) >= 11 is 3.33. The summed E-state index contributed by atoms with van der Waals surface area (Å²) in [5.74, 6) is 0.790. The van der Waals surface area contributed by atoms with Crippen LogP contribution in [0, 0.1) is 10.1 Å². The van der Waals surface area contributed by atoms with Gasteiger partial charge >= 0.3 is 0 Å². The largest absolute Gasteiger partial charge is 0.496 e. The summed E-state index contributed by atoms with van der Waals surface area (Å²) in [7, 11) is 1.55. The molecule has 0 saturated carbocycles. The number of hydrogen-bond acceptors (Lipinski definition) is 6. The van der Waals surface area contributed by atoms with Crippen molar-refractivity contribution >= 4 is 33.7 Å². The molecule has 0 heterocycles. The fourth-order valence-electron chi connectivity index (χ4n) is 2.68. The Labute approximate surface area is 186 Å². The van der Waals surface area contributed by atoms with Crippen molar-refractivity contribution in [3.05, 3.63) is 98.0 Å². The number of ether oxygens (including phenoxy) is 2. The summed E-state index contributed by atoms with van der Waals surface area (Å²) in [6.07, 6.45) is 1.52. The van der Waals surface area contributed by atoms with E-state index in [0.29, 0.717) is 17.1 Å². The van der Waals surface area contributed by atoms with Crippen LogP contribution in [0.5, 0.6) is 11.5 Å². The molecule has 8 nitrogen and oxygen atoms in total. The fraction of sp³-hybridized carbons (Fsp3) is 0.0909. The summed E-state index contributed by atoms with van der Waals surface area (Å²) in [5, 5.41) is 14.7. The van der Waals surface area contributed by atoms with Crippen LogP contribution in [0.1, 0.15) is 21.5 Å². The van der Waals surface area contributed by atoms with Gasteiger partial charge in [-0.1, -0.05) is 22.0 Å². The quantitative estimate of drug-likeness (QED) is 0.284. The number of methoxy groups -OCH3 is 1. The van der Waals surface area contributed by atoms with Crippen molar-refractivity contribution in [2.45, 2.75) is 6.61 Å². The molecule has 3 aromatic carbocycles. The van der Waals surface area contributed by atoms with Crippen molar-refractivity contribution in [3.8, 4) is 11.5 Å². The van der Waals surface area contributed by atoms with Crippen molar-refractivity contribution in [1.29, 1.82) is 0 Å². The molecule has 1 amide bonds. The van der Waals surface area contributed by atoms with E-state index in [1.54, 1.807) is 37.4 Å². The van der Waals surface area contributed by atoms with Crippen molar-refractivity contribution < 1.29 is 19.2 Å². The highest BCUT2D eigenvalue weighted by atomic mass is 79.9. The van der Waals surface area contributed by atoms with Gasteiger partial charge in [-0.2, -0.15) is 5.10 Å². The first-order chi connectivity index (χ1) is 15.0. The molecule has 158 valence electrons. The highest BCUT2D eigenvalue weighted by molar-refractivity contribution is 9.10. The van der Waals surface area contributed by atoms with Gasteiger partial charge in [0, 0.05) is 27.7 Å². The number of nitrogens with zero attached hydrogens (tertiary/aromatic N) is 2. The molecule has 0 aliphatic carbocycles. The molecule has 3 rings (SSSR count). The lowest BCUT2D eigenvalue weighted by Crippen LogP contribution is -2.17. The lowest BCUT2D eigenvalue weighted by molar-refractivity contribution is -0.384. The van der Waals surface area contributed by atoms with Crippen LogP contribution in [0.25, 0.3) is 0 Å². The zero-order chi connectivity index (χ0) is 22.2. The Bertz CT molecular complexity index is 1120. The summed E-state index contributed by atoms with van der Waals surface area (Å²) in [4.78, 5) is 22.4. The normalized spacial score (nSPS) is 10.6. The van der Waals surface area contributed by atoms with Crippen LogP contribution in [-0.4, -0.2) is 24.2 Å². The minimum absolute atomic E-state index is 0.00644. The summed E-state index contributed by atoms with van der Waals surface area (Å²) in [6.45, 7) is 0.188. The van der Waals surface area contributed by atoms with Gasteiger partial charge in [-0.05, 0) is 54.1 Å². The van der Waals surface area contributed by atoms with Crippen LogP contribution < -0.4 is 14.9 Å². The second-order valence-electron chi connectivity index (χ2n) is 6.32. The van der Waals surface area contributed by atoms with Crippen molar-refractivity contribution in [2.75, 3.05) is 7.11 Å². The molecule has 0 aliphatic rings. The molecule has 0 fully saturated rings. The fourth-order valence-corrected chi connectivity index (χ4v) is 3.08. The van der Waals surface area contributed by atoms with E-state index in [4.69, 9.17) is 9.47 Å². The average Bonchev–Trinajstić information content (AvgIpc) is 2.78. The Kier molecular flexibility index (Phi) is 7.34. The molecular formula is C22H18BrN3O5. The number of benzene rings is 3. The Hall–Kier alpha value is -3.72. The van der Waals surface area contributed by atoms with Gasteiger partial charge in [-0.15, -0.1) is 0 Å². The molecule has 0 unspecified atom stereocenters. The summed E-state index contributed by atoms with van der Waals surface area (Å²) in [6, 6.07) is 18.2. The van der Waals surface area contributed by atoms with Crippen molar-refractivity contribution in [2.24, 2.45) is 5.10 Å². The van der Waals surface area contributed by atoms with E-state index in [2.05, 4.69) is 26.5 Å². The predicted octanol–water partition coefficient (Wildman–Crippen LogP) is 4.71. The van der Waals surface area contributed by atoms with E-state index < -0.39 is 4.92 Å². The Morgan fingerprint density at radius 2 is 1.94 bits per heavy atom. The second kappa shape index (κ2) is 10.4. The molecule has 0 radical (unpaired) electrons. The van der Waals surface area contributed by atoms with E-state index in [-0.39, 0.29) is 18.2 Å². The predicted molar refractivity (Wildman–Crippen MR) is 120 cm³/mol. The molecule has 0 aliphatic heterocycles. The van der Waals surface area contributed by atoms with E-state index in [1.807, 2.05) is 12.1 Å². The molecule has 0 bridgehead atoms. The van der Waals surface area contributed by atoms with Gasteiger partial charge in [-0.3, -0.25) is 14.9 Å². The Morgan fingerprint density at radius 1 is 1.16 bits per heavy atom. The van der Waals surface area contributed by atoms with Gasteiger partial charge in [0.1, 0.15) is 18.1 Å². The van der Waals surface area contributed by atoms with Gasteiger partial charge in [-0.25, -0.2) is 5.43 Å². The first-order valence-electron chi connectivity index (χ1n) is 9.09. The standard InChI is InChI=1S/C22H18BrN3O5/c1-30-21-10-5-15(13-24-25-22(27)16-3-2-4-18(23)12-16)11-17(21)14-31-20-8-6-19(7-9-20)26(28)29/h2-13H,14H2,1H3,(H,25,27)/b24-13+. The number of carbonyl (C=O) groups excluding carboxylic acids is 1. The molecule has 1 N–H and O–H groups in total. The van der Waals surface area contributed by atoms with Crippen LogP contribution in [0.3, 0.4) is 0 Å². The molecule has 0 aromatic heterocycles. The van der Waals surface area contributed by atoms with Crippen LogP contribution in [0.4, 0.5) is 5.69 Å². The molecular weight excluding hydrogens is 466 g/mol. The SMILES string of the molecule is COc1ccc(/C=N/NC(=O)c2cccc(Br)c2)cc1COc1ccc([N+](=O)[O-])cc1. The third-order valence-electron chi connectivity index (χ3n) is 4.21. The zero-order valence-corrected chi connectivity index (χ0v) is 18.0. The molecule has 0 saturated heterocycles.